The van der Waals surface area contributed by atoms with E-state index in [1.54, 1.807) is 0 Å². The maximum Gasteiger partial charge on any atom is 0.0341 e. The molecule has 0 aromatic rings. The molecule has 2 rings (SSSR count). The van der Waals surface area contributed by atoms with Crippen LogP contribution in [0.4, 0.5) is 0 Å². The molecule has 0 bridgehead atoms. The van der Waals surface area contributed by atoms with Gasteiger partial charge in [0.2, 0.25) is 0 Å². The predicted octanol–water partition coefficient (Wildman–Crippen LogP) is 1.59. The van der Waals surface area contributed by atoms with E-state index in [0.717, 1.165) is 19.0 Å². The molecule has 0 spiro atoms. The van der Waals surface area contributed by atoms with Crippen molar-refractivity contribution in [3.8, 4) is 0 Å². The van der Waals surface area contributed by atoms with Crippen molar-refractivity contribution in [3.63, 3.8) is 0 Å². The molecule has 0 aromatic carbocycles. The van der Waals surface area contributed by atoms with E-state index in [9.17, 15) is 0 Å². The molecule has 3 nitrogen and oxygen atoms in total. The molecule has 2 aliphatic heterocycles. The molecule has 2 unspecified atom stereocenters. The van der Waals surface area contributed by atoms with Gasteiger partial charge in [-0.3, -0.25) is 0 Å². The average molecular weight is 211 g/mol. The summed E-state index contributed by atoms with van der Waals surface area (Å²) in [5.41, 5.74) is 6.08. The van der Waals surface area contributed by atoms with Gasteiger partial charge in [0.15, 0.2) is 0 Å². The van der Waals surface area contributed by atoms with Crippen molar-refractivity contribution in [2.24, 2.45) is 5.73 Å². The second-order valence-electron chi connectivity index (χ2n) is 5.42. The van der Waals surface area contributed by atoms with E-state index in [4.69, 9.17) is 5.73 Å². The summed E-state index contributed by atoms with van der Waals surface area (Å²) in [7, 11) is 0. The first-order valence-corrected chi connectivity index (χ1v) is 6.42. The van der Waals surface area contributed by atoms with Crippen LogP contribution in [0.15, 0.2) is 0 Å². The summed E-state index contributed by atoms with van der Waals surface area (Å²) in [5.74, 6) is 0. The molecule has 2 atom stereocenters. The zero-order chi connectivity index (χ0) is 10.9. The second-order valence-corrected chi connectivity index (χ2v) is 5.42. The maximum atomic E-state index is 5.74. The van der Waals surface area contributed by atoms with Gasteiger partial charge in [-0.2, -0.15) is 0 Å². The molecule has 0 saturated carbocycles. The van der Waals surface area contributed by atoms with E-state index in [1.165, 1.54) is 38.8 Å². The van der Waals surface area contributed by atoms with E-state index in [0.29, 0.717) is 5.54 Å². The Hall–Kier alpha value is -0.120. The summed E-state index contributed by atoms with van der Waals surface area (Å²) in [6, 6.07) is 0.736. The van der Waals surface area contributed by atoms with Crippen molar-refractivity contribution in [3.05, 3.63) is 0 Å². The Kier molecular flexibility index (Phi) is 3.33. The van der Waals surface area contributed by atoms with Crippen LogP contribution in [0.1, 0.15) is 46.0 Å². The van der Waals surface area contributed by atoms with Gasteiger partial charge in [-0.05, 0) is 52.5 Å². The molecule has 2 saturated heterocycles. The van der Waals surface area contributed by atoms with Crippen LogP contribution < -0.4 is 5.73 Å². The number of hydrogen-bond donors (Lipinski definition) is 1. The first-order chi connectivity index (χ1) is 7.17. The minimum absolute atomic E-state index is 0.341. The summed E-state index contributed by atoms with van der Waals surface area (Å²) in [6.07, 6.45) is 6.49. The lowest BCUT2D eigenvalue weighted by Crippen LogP contribution is -2.54. The van der Waals surface area contributed by atoms with Gasteiger partial charge in [0.05, 0.1) is 0 Å². The molecule has 2 heterocycles. The SMILES string of the molecule is CC1CCCN1N1CCCC1(C)CCN. The molecule has 0 amide bonds. The smallest absolute Gasteiger partial charge is 0.0341 e. The van der Waals surface area contributed by atoms with Crippen LogP contribution in [0.2, 0.25) is 0 Å². The lowest BCUT2D eigenvalue weighted by atomic mass is 9.95. The lowest BCUT2D eigenvalue weighted by Gasteiger charge is -2.43. The molecule has 15 heavy (non-hydrogen) atoms. The first-order valence-electron chi connectivity index (χ1n) is 6.42. The first kappa shape index (κ1) is 11.4. The fraction of sp³-hybridized carbons (Fsp3) is 1.00. The largest absolute Gasteiger partial charge is 0.330 e. The normalized spacial score (nSPS) is 39.0. The zero-order valence-electron chi connectivity index (χ0n) is 10.2. The third-order valence-electron chi connectivity index (χ3n) is 4.22. The second kappa shape index (κ2) is 4.40. The monoisotopic (exact) mass is 211 g/mol. The number of rotatable bonds is 3. The highest BCUT2D eigenvalue weighted by Gasteiger charge is 2.41. The Morgan fingerprint density at radius 3 is 2.73 bits per heavy atom. The van der Waals surface area contributed by atoms with Crippen LogP contribution in [-0.2, 0) is 0 Å². The topological polar surface area (TPSA) is 32.5 Å². The van der Waals surface area contributed by atoms with E-state index in [-0.39, 0.29) is 0 Å². The molecule has 2 fully saturated rings. The van der Waals surface area contributed by atoms with Crippen LogP contribution in [0, 0.1) is 0 Å². The Labute approximate surface area is 93.6 Å². The van der Waals surface area contributed by atoms with Gasteiger partial charge in [0.1, 0.15) is 0 Å². The maximum absolute atomic E-state index is 5.74. The van der Waals surface area contributed by atoms with Crippen molar-refractivity contribution in [1.29, 1.82) is 0 Å². The van der Waals surface area contributed by atoms with Crippen molar-refractivity contribution in [2.45, 2.75) is 57.5 Å². The molecule has 3 heteroatoms. The Morgan fingerprint density at radius 2 is 2.13 bits per heavy atom. The third kappa shape index (κ3) is 2.05. The number of hydrazine groups is 1. The van der Waals surface area contributed by atoms with Crippen molar-refractivity contribution in [2.75, 3.05) is 19.6 Å². The Balaban J connectivity index is 2.06. The van der Waals surface area contributed by atoms with Crippen LogP contribution in [0.3, 0.4) is 0 Å². The molecule has 0 radical (unpaired) electrons. The minimum atomic E-state index is 0.341. The minimum Gasteiger partial charge on any atom is -0.330 e. The highest BCUT2D eigenvalue weighted by molar-refractivity contribution is 4.93. The van der Waals surface area contributed by atoms with Gasteiger partial charge < -0.3 is 5.73 Å². The van der Waals surface area contributed by atoms with Crippen molar-refractivity contribution < 1.29 is 0 Å². The quantitative estimate of drug-likeness (QED) is 0.769. The van der Waals surface area contributed by atoms with E-state index in [2.05, 4.69) is 23.9 Å². The number of nitrogens with zero attached hydrogens (tertiary/aromatic N) is 2. The number of nitrogens with two attached hydrogens (primary N) is 1. The molecule has 0 aromatic heterocycles. The van der Waals surface area contributed by atoms with Gasteiger partial charge >= 0.3 is 0 Å². The Morgan fingerprint density at radius 1 is 1.33 bits per heavy atom. The lowest BCUT2D eigenvalue weighted by molar-refractivity contribution is -0.0850. The summed E-state index contributed by atoms with van der Waals surface area (Å²) >= 11 is 0. The van der Waals surface area contributed by atoms with Crippen LogP contribution in [0.25, 0.3) is 0 Å². The fourth-order valence-corrected chi connectivity index (χ4v) is 3.29. The van der Waals surface area contributed by atoms with Gasteiger partial charge in [0.25, 0.3) is 0 Å². The van der Waals surface area contributed by atoms with E-state index >= 15 is 0 Å². The van der Waals surface area contributed by atoms with Crippen LogP contribution in [0.5, 0.6) is 0 Å². The van der Waals surface area contributed by atoms with Crippen molar-refractivity contribution in [1.82, 2.24) is 10.0 Å². The van der Waals surface area contributed by atoms with Gasteiger partial charge in [-0.1, -0.05) is 0 Å². The highest BCUT2D eigenvalue weighted by atomic mass is 15.7. The van der Waals surface area contributed by atoms with Gasteiger partial charge in [0, 0.05) is 24.7 Å². The van der Waals surface area contributed by atoms with Crippen LogP contribution >= 0.6 is 0 Å². The molecule has 2 aliphatic rings. The van der Waals surface area contributed by atoms with Crippen LogP contribution in [-0.4, -0.2) is 41.2 Å². The van der Waals surface area contributed by atoms with E-state index in [1.807, 2.05) is 0 Å². The predicted molar refractivity (Wildman–Crippen MR) is 63.4 cm³/mol. The summed E-state index contributed by atoms with van der Waals surface area (Å²) in [5, 5.41) is 5.22. The molecular formula is C12H25N3. The van der Waals surface area contributed by atoms with Gasteiger partial charge in [-0.25, -0.2) is 10.0 Å². The number of hydrogen-bond acceptors (Lipinski definition) is 3. The fourth-order valence-electron chi connectivity index (χ4n) is 3.29. The summed E-state index contributed by atoms with van der Waals surface area (Å²) in [6.45, 7) is 8.05. The molecule has 0 aliphatic carbocycles. The van der Waals surface area contributed by atoms with Crippen molar-refractivity contribution >= 4 is 0 Å². The molecule has 2 N–H and O–H groups in total. The molecular weight excluding hydrogens is 186 g/mol. The van der Waals surface area contributed by atoms with E-state index < -0.39 is 0 Å². The Bertz CT molecular complexity index is 219. The summed E-state index contributed by atoms with van der Waals surface area (Å²) in [4.78, 5) is 0. The average Bonchev–Trinajstić information content (AvgIpc) is 2.73. The van der Waals surface area contributed by atoms with Gasteiger partial charge in [-0.15, -0.1) is 0 Å². The highest BCUT2D eigenvalue weighted by Crippen LogP contribution is 2.35. The standard InChI is InChI=1S/C12H25N3/c1-11-5-3-9-14(11)15-10-4-6-12(15,2)7-8-13/h11H,3-10,13H2,1-2H3. The summed E-state index contributed by atoms with van der Waals surface area (Å²) < 4.78 is 0. The zero-order valence-corrected chi connectivity index (χ0v) is 10.2. The third-order valence-corrected chi connectivity index (χ3v) is 4.22. The molecule has 88 valence electrons.